The van der Waals surface area contributed by atoms with Crippen LogP contribution in [0.15, 0.2) is 0 Å². The zero-order valence-electron chi connectivity index (χ0n) is 2.36. The fraction of sp³-hybridized carbons (Fsp3) is 0. The summed E-state index contributed by atoms with van der Waals surface area (Å²) >= 11 is 0. The third-order valence-corrected chi connectivity index (χ3v) is 0. The maximum absolute atomic E-state index is 0. The molecule has 0 saturated heterocycles. The van der Waals surface area contributed by atoms with Gasteiger partial charge < -0.3 is 0 Å². The second-order valence-electron chi connectivity index (χ2n) is 0. The Morgan fingerprint density at radius 3 is 0.286 bits per heavy atom. The van der Waals surface area contributed by atoms with Crippen LogP contribution in [-0.4, -0.2) is 0 Å². The molecule has 0 nitrogen and oxygen atoms in total. The molecule has 0 aromatic heterocycles. The van der Waals surface area contributed by atoms with Crippen LogP contribution < -0.4 is 0 Å². The van der Waals surface area contributed by atoms with E-state index in [1.807, 2.05) is 0 Å². The first-order chi connectivity index (χ1) is 0. The van der Waals surface area contributed by atoms with Crippen LogP contribution in [0.4, 0.5) is 0 Å². The van der Waals surface area contributed by atoms with E-state index in [4.69, 9.17) is 0 Å². The molecule has 0 amide bonds. The first kappa shape index (κ1) is 62.0. The predicted molar refractivity (Wildman–Crippen MR) is 0 cm³/mol. The smallest absolute Gasteiger partial charge is 0 e. The van der Waals surface area contributed by atoms with E-state index in [2.05, 4.69) is 0 Å². The summed E-state index contributed by atoms with van der Waals surface area (Å²) in [6, 6.07) is 0. The molecule has 0 aliphatic heterocycles. The SMILES string of the molecule is [Pt].[Pt].[Pt].[Ru].[Ru].[Ru].[Ru]. The van der Waals surface area contributed by atoms with E-state index in [0.29, 0.717) is 0 Å². The van der Waals surface area contributed by atoms with Crippen molar-refractivity contribution in [1.82, 2.24) is 0 Å². The summed E-state index contributed by atoms with van der Waals surface area (Å²) in [6.07, 6.45) is 0. The molecule has 0 aliphatic rings. The quantitative estimate of drug-likeness (QED) is 0.300. The van der Waals surface area contributed by atoms with Gasteiger partial charge in [0.05, 0.1) is 0 Å². The summed E-state index contributed by atoms with van der Waals surface area (Å²) in [4.78, 5) is 0. The van der Waals surface area contributed by atoms with Crippen molar-refractivity contribution >= 4 is 0 Å². The Kier molecular flexibility index (Phi) is 411. The minimum Gasteiger partial charge on any atom is 0 e. The van der Waals surface area contributed by atoms with E-state index in [9.17, 15) is 0 Å². The maximum Gasteiger partial charge on any atom is 0 e. The zero-order valence-corrected chi connectivity index (χ0v) is 16.1. The summed E-state index contributed by atoms with van der Waals surface area (Å²) in [5, 5.41) is 0. The topological polar surface area (TPSA) is 0 Å². The summed E-state index contributed by atoms with van der Waals surface area (Å²) in [6.45, 7) is 0. The van der Waals surface area contributed by atoms with Crippen molar-refractivity contribution in [2.24, 2.45) is 0 Å². The molecular formula is Pt3Ru4. The van der Waals surface area contributed by atoms with Gasteiger partial charge in [0.2, 0.25) is 0 Å². The van der Waals surface area contributed by atoms with Crippen molar-refractivity contribution in [3.8, 4) is 0 Å². The molecule has 0 atom stereocenters. The van der Waals surface area contributed by atoms with Crippen LogP contribution in [0.25, 0.3) is 0 Å². The Labute approximate surface area is 138 Å². The van der Waals surface area contributed by atoms with Gasteiger partial charge in [0.25, 0.3) is 0 Å². The molecule has 0 rings (SSSR count). The molecule has 0 N–H and O–H groups in total. The normalized spacial score (nSPS) is 0. The van der Waals surface area contributed by atoms with Gasteiger partial charge in [-0.05, 0) is 0 Å². The van der Waals surface area contributed by atoms with Gasteiger partial charge >= 0.3 is 0 Å². The van der Waals surface area contributed by atoms with Crippen LogP contribution >= 0.6 is 0 Å². The van der Waals surface area contributed by atoms with Gasteiger partial charge in [0.1, 0.15) is 0 Å². The summed E-state index contributed by atoms with van der Waals surface area (Å²) in [5.41, 5.74) is 0. The number of hydrogen-bond donors (Lipinski definition) is 0. The molecule has 0 spiro atoms. The molecule has 0 aromatic carbocycles. The number of rotatable bonds is 0. The summed E-state index contributed by atoms with van der Waals surface area (Å²) < 4.78 is 0. The standard InChI is InChI=1S/3Pt.4Ru. The van der Waals surface area contributed by atoms with E-state index < -0.39 is 0 Å². The average molecular weight is 990 g/mol. The second-order valence-corrected chi connectivity index (χ2v) is 0. The van der Waals surface area contributed by atoms with E-state index in [-0.39, 0.29) is 141 Å². The Bertz CT molecular complexity index is 6.90. The Balaban J connectivity index is 0. The van der Waals surface area contributed by atoms with Gasteiger partial charge in [-0.25, -0.2) is 0 Å². The van der Waals surface area contributed by atoms with Crippen molar-refractivity contribution in [3.05, 3.63) is 0 Å². The molecule has 0 bridgehead atoms. The van der Waals surface area contributed by atoms with Crippen molar-refractivity contribution in [2.45, 2.75) is 0 Å². The first-order valence-electron chi connectivity index (χ1n) is 0. The average Bonchev–Trinajstić information content (AvgIpc) is 0. The molecule has 0 aliphatic carbocycles. The third-order valence-electron chi connectivity index (χ3n) is 0. The molecule has 62 valence electrons. The molecule has 0 heterocycles. The van der Waals surface area contributed by atoms with Gasteiger partial charge in [0.15, 0.2) is 0 Å². The van der Waals surface area contributed by atoms with E-state index in [1.165, 1.54) is 0 Å². The fourth-order valence-corrected chi connectivity index (χ4v) is 0. The first-order valence-corrected chi connectivity index (χ1v) is 0. The molecule has 0 saturated carbocycles. The molecule has 7 heavy (non-hydrogen) atoms. The van der Waals surface area contributed by atoms with Crippen LogP contribution in [-0.2, 0) is 141 Å². The Morgan fingerprint density at radius 2 is 0.286 bits per heavy atom. The Morgan fingerprint density at radius 1 is 0.286 bits per heavy atom. The van der Waals surface area contributed by atoms with Crippen LogP contribution in [0.5, 0.6) is 0 Å². The Hall–Kier alpha value is 4.56. The van der Waals surface area contributed by atoms with Gasteiger partial charge in [-0.3, -0.25) is 0 Å². The largest absolute Gasteiger partial charge is 0 e. The van der Waals surface area contributed by atoms with Crippen LogP contribution in [0.2, 0.25) is 0 Å². The molecule has 7 heteroatoms. The van der Waals surface area contributed by atoms with Gasteiger partial charge in [-0.1, -0.05) is 0 Å². The monoisotopic (exact) mass is 993 g/mol. The third kappa shape index (κ3) is 37.2. The summed E-state index contributed by atoms with van der Waals surface area (Å²) in [5.74, 6) is 0. The van der Waals surface area contributed by atoms with E-state index >= 15 is 0 Å². The summed E-state index contributed by atoms with van der Waals surface area (Å²) in [7, 11) is 0. The van der Waals surface area contributed by atoms with Gasteiger partial charge in [-0.15, -0.1) is 0 Å². The molecule has 0 unspecified atom stereocenters. The zero-order chi connectivity index (χ0) is 0. The predicted octanol–water partition coefficient (Wildman–Crippen LogP) is -0.0175. The van der Waals surface area contributed by atoms with Crippen LogP contribution in [0.3, 0.4) is 0 Å². The van der Waals surface area contributed by atoms with E-state index in [1.54, 1.807) is 0 Å². The molecule has 0 aromatic rings. The van der Waals surface area contributed by atoms with Crippen LogP contribution in [0.1, 0.15) is 0 Å². The molecule has 0 radical (unpaired) electrons. The molecular weight excluding hydrogens is 990 g/mol. The van der Waals surface area contributed by atoms with Crippen molar-refractivity contribution in [2.75, 3.05) is 0 Å². The molecule has 0 fully saturated rings. The van der Waals surface area contributed by atoms with Crippen molar-refractivity contribution in [3.63, 3.8) is 0 Å². The second kappa shape index (κ2) is 46.4. The van der Waals surface area contributed by atoms with Crippen LogP contribution in [0, 0.1) is 0 Å². The fourth-order valence-electron chi connectivity index (χ4n) is 0. The minimum atomic E-state index is 0. The van der Waals surface area contributed by atoms with Crippen molar-refractivity contribution < 1.29 is 141 Å². The van der Waals surface area contributed by atoms with Gasteiger partial charge in [0, 0.05) is 141 Å². The van der Waals surface area contributed by atoms with Crippen molar-refractivity contribution in [1.29, 1.82) is 0 Å². The van der Waals surface area contributed by atoms with E-state index in [0.717, 1.165) is 0 Å². The minimum absolute atomic E-state index is 0. The van der Waals surface area contributed by atoms with Gasteiger partial charge in [-0.2, -0.15) is 0 Å². The number of hydrogen-bond acceptors (Lipinski definition) is 0. The maximum atomic E-state index is 0.